The monoisotopic (exact) mass is 217 g/mol. The molecule has 4 heteroatoms. The molecule has 0 aliphatic heterocycles. The van der Waals surface area contributed by atoms with E-state index in [4.69, 9.17) is 0 Å². The van der Waals surface area contributed by atoms with Gasteiger partial charge >= 0.3 is 0 Å². The first-order chi connectivity index (χ1) is 7.48. The number of benzene rings is 1. The lowest BCUT2D eigenvalue weighted by atomic mass is 9.97. The summed E-state index contributed by atoms with van der Waals surface area (Å²) in [4.78, 5) is 1.54. The molecule has 1 aromatic heterocycles. The molecule has 1 N–H and O–H groups in total. The van der Waals surface area contributed by atoms with E-state index in [0.717, 1.165) is 16.9 Å². The number of hydrogen-bond donors (Lipinski definition) is 1. The van der Waals surface area contributed by atoms with Gasteiger partial charge in [-0.15, -0.1) is 0 Å². The molecule has 0 unspecified atom stereocenters. The smallest absolute Gasteiger partial charge is 0.0917 e. The fraction of sp³-hybridized carbons (Fsp3) is 0.333. The summed E-state index contributed by atoms with van der Waals surface area (Å²) >= 11 is 0. The quantitative estimate of drug-likeness (QED) is 0.834. The van der Waals surface area contributed by atoms with Gasteiger partial charge in [-0.25, -0.2) is 0 Å². The lowest BCUT2D eigenvalue weighted by molar-refractivity contribution is 0.0782. The van der Waals surface area contributed by atoms with Crippen molar-refractivity contribution in [2.45, 2.75) is 26.4 Å². The van der Waals surface area contributed by atoms with Gasteiger partial charge in [-0.2, -0.15) is 15.0 Å². The van der Waals surface area contributed by atoms with Crippen LogP contribution in [0, 0.1) is 6.92 Å². The van der Waals surface area contributed by atoms with Crippen molar-refractivity contribution in [1.29, 1.82) is 0 Å². The molecule has 0 aliphatic carbocycles. The molecule has 0 saturated heterocycles. The third kappa shape index (κ3) is 1.97. The summed E-state index contributed by atoms with van der Waals surface area (Å²) in [7, 11) is 0. The molecular formula is C12H15N3O. The number of aliphatic hydroxyl groups is 1. The van der Waals surface area contributed by atoms with Crippen molar-refractivity contribution in [3.8, 4) is 5.69 Å². The van der Waals surface area contributed by atoms with Gasteiger partial charge in [-0.3, -0.25) is 0 Å². The van der Waals surface area contributed by atoms with Gasteiger partial charge < -0.3 is 5.11 Å². The predicted octanol–water partition coefficient (Wildman–Crippen LogP) is 1.80. The minimum absolute atomic E-state index is 0.808. The number of aryl methyl sites for hydroxylation is 1. The summed E-state index contributed by atoms with van der Waals surface area (Å²) in [5, 5.41) is 18.5. The molecule has 0 spiro atoms. The molecule has 4 nitrogen and oxygen atoms in total. The summed E-state index contributed by atoms with van der Waals surface area (Å²) in [6.45, 7) is 5.39. The fourth-order valence-electron chi connectivity index (χ4n) is 1.62. The van der Waals surface area contributed by atoms with Crippen LogP contribution in [-0.2, 0) is 5.60 Å². The normalized spacial score (nSPS) is 11.8. The zero-order chi connectivity index (χ0) is 11.8. The van der Waals surface area contributed by atoms with Crippen LogP contribution in [0.25, 0.3) is 5.69 Å². The lowest BCUT2D eigenvalue weighted by Crippen LogP contribution is -2.19. The Kier molecular flexibility index (Phi) is 2.52. The second-order valence-electron chi connectivity index (χ2n) is 4.35. The molecule has 1 aromatic carbocycles. The molecule has 2 rings (SSSR count). The molecule has 16 heavy (non-hydrogen) atoms. The predicted molar refractivity (Wildman–Crippen MR) is 61.3 cm³/mol. The molecule has 0 aliphatic rings. The molecule has 0 bridgehead atoms. The number of hydrogen-bond acceptors (Lipinski definition) is 3. The Morgan fingerprint density at radius 1 is 1.25 bits per heavy atom. The van der Waals surface area contributed by atoms with Crippen LogP contribution < -0.4 is 0 Å². The first-order valence-corrected chi connectivity index (χ1v) is 5.20. The third-order valence-corrected chi connectivity index (χ3v) is 2.39. The summed E-state index contributed by atoms with van der Waals surface area (Å²) in [5.74, 6) is 0. The molecule has 0 amide bonds. The second-order valence-corrected chi connectivity index (χ2v) is 4.35. The Morgan fingerprint density at radius 2 is 1.94 bits per heavy atom. The summed E-state index contributed by atoms with van der Waals surface area (Å²) in [6, 6.07) is 7.58. The van der Waals surface area contributed by atoms with Crippen LogP contribution in [0.5, 0.6) is 0 Å². The van der Waals surface area contributed by atoms with Crippen LogP contribution >= 0.6 is 0 Å². The summed E-state index contributed by atoms with van der Waals surface area (Å²) in [6.07, 6.45) is 1.70. The van der Waals surface area contributed by atoms with Crippen LogP contribution in [0.1, 0.15) is 25.1 Å². The van der Waals surface area contributed by atoms with Crippen molar-refractivity contribution in [1.82, 2.24) is 15.0 Å². The number of rotatable bonds is 2. The largest absolute Gasteiger partial charge is 0.386 e. The second kappa shape index (κ2) is 3.72. The van der Waals surface area contributed by atoms with Gasteiger partial charge in [0, 0.05) is 5.56 Å². The van der Waals surface area contributed by atoms with Crippen molar-refractivity contribution in [2.24, 2.45) is 0 Å². The summed E-state index contributed by atoms with van der Waals surface area (Å²) < 4.78 is 0. The topological polar surface area (TPSA) is 50.9 Å². The molecule has 2 aromatic rings. The maximum Gasteiger partial charge on any atom is 0.0917 e. The maximum absolute atomic E-state index is 10.1. The number of para-hydroxylation sites is 1. The van der Waals surface area contributed by atoms with Crippen molar-refractivity contribution in [3.05, 3.63) is 41.7 Å². The van der Waals surface area contributed by atoms with Crippen LogP contribution in [0.3, 0.4) is 0 Å². The Morgan fingerprint density at radius 3 is 2.50 bits per heavy atom. The van der Waals surface area contributed by atoms with E-state index in [1.807, 2.05) is 31.2 Å². The maximum atomic E-state index is 10.1. The highest BCUT2D eigenvalue weighted by atomic mass is 16.3. The first-order valence-electron chi connectivity index (χ1n) is 5.20. The Labute approximate surface area is 94.5 Å². The van der Waals surface area contributed by atoms with Crippen LogP contribution in [0.2, 0.25) is 0 Å². The van der Waals surface area contributed by atoms with E-state index in [1.165, 1.54) is 0 Å². The SMILES string of the molecule is Cc1cnn(-c2ccccc2C(C)(C)O)n1. The lowest BCUT2D eigenvalue weighted by Gasteiger charge is -2.20. The average molecular weight is 217 g/mol. The van der Waals surface area contributed by atoms with E-state index in [0.29, 0.717) is 0 Å². The van der Waals surface area contributed by atoms with E-state index < -0.39 is 5.60 Å². The highest BCUT2D eigenvalue weighted by molar-refractivity contribution is 5.42. The van der Waals surface area contributed by atoms with Crippen molar-refractivity contribution >= 4 is 0 Å². The van der Waals surface area contributed by atoms with E-state index in [2.05, 4.69) is 10.2 Å². The molecule has 0 atom stereocenters. The molecule has 0 radical (unpaired) electrons. The van der Waals surface area contributed by atoms with Crippen molar-refractivity contribution in [2.75, 3.05) is 0 Å². The Balaban J connectivity index is 2.57. The van der Waals surface area contributed by atoms with E-state index in [9.17, 15) is 5.11 Å². The highest BCUT2D eigenvalue weighted by Gasteiger charge is 2.21. The summed E-state index contributed by atoms with van der Waals surface area (Å²) in [5.41, 5.74) is 1.57. The van der Waals surface area contributed by atoms with Gasteiger partial charge in [0.25, 0.3) is 0 Å². The number of nitrogens with zero attached hydrogens (tertiary/aromatic N) is 3. The van der Waals surface area contributed by atoms with E-state index in [-0.39, 0.29) is 0 Å². The minimum atomic E-state index is -0.905. The standard InChI is InChI=1S/C12H15N3O/c1-9-8-13-15(14-9)11-7-5-4-6-10(11)12(2,3)16/h4-8,16H,1-3H3. The zero-order valence-electron chi connectivity index (χ0n) is 9.68. The third-order valence-electron chi connectivity index (χ3n) is 2.39. The van der Waals surface area contributed by atoms with Crippen LogP contribution in [0.15, 0.2) is 30.5 Å². The average Bonchev–Trinajstić information content (AvgIpc) is 2.64. The molecule has 0 saturated carbocycles. The molecule has 1 heterocycles. The van der Waals surface area contributed by atoms with Gasteiger partial charge in [0.2, 0.25) is 0 Å². The highest BCUT2D eigenvalue weighted by Crippen LogP contribution is 2.25. The van der Waals surface area contributed by atoms with Crippen molar-refractivity contribution < 1.29 is 5.11 Å². The van der Waals surface area contributed by atoms with Gasteiger partial charge in [-0.05, 0) is 26.8 Å². The van der Waals surface area contributed by atoms with E-state index in [1.54, 1.807) is 24.8 Å². The van der Waals surface area contributed by atoms with Gasteiger partial charge in [0.1, 0.15) is 0 Å². The molecule has 0 fully saturated rings. The Bertz CT molecular complexity index is 497. The minimum Gasteiger partial charge on any atom is -0.386 e. The van der Waals surface area contributed by atoms with E-state index >= 15 is 0 Å². The van der Waals surface area contributed by atoms with Gasteiger partial charge in [-0.1, -0.05) is 18.2 Å². The Hall–Kier alpha value is -1.68. The fourth-order valence-corrected chi connectivity index (χ4v) is 1.62. The molecule has 84 valence electrons. The van der Waals surface area contributed by atoms with Gasteiger partial charge in [0.05, 0.1) is 23.2 Å². The van der Waals surface area contributed by atoms with Crippen molar-refractivity contribution in [3.63, 3.8) is 0 Å². The number of aromatic nitrogens is 3. The molecular weight excluding hydrogens is 202 g/mol. The van der Waals surface area contributed by atoms with Crippen LogP contribution in [-0.4, -0.2) is 20.1 Å². The zero-order valence-corrected chi connectivity index (χ0v) is 9.68. The van der Waals surface area contributed by atoms with Crippen LogP contribution in [0.4, 0.5) is 0 Å². The first kappa shape index (κ1) is 10.8. The van der Waals surface area contributed by atoms with Gasteiger partial charge in [0.15, 0.2) is 0 Å².